The van der Waals surface area contributed by atoms with Crippen LogP contribution in [0, 0.1) is 5.92 Å². The highest BCUT2D eigenvalue weighted by atomic mass is 16.5. The maximum atomic E-state index is 5.94. The summed E-state index contributed by atoms with van der Waals surface area (Å²) in [6, 6.07) is 8.77. The molecule has 0 saturated carbocycles. The Balaban J connectivity index is 2.43. The first-order valence-electron chi connectivity index (χ1n) is 7.61. The number of benzene rings is 1. The quantitative estimate of drug-likeness (QED) is 0.751. The van der Waals surface area contributed by atoms with E-state index < -0.39 is 0 Å². The van der Waals surface area contributed by atoms with E-state index in [0.29, 0.717) is 12.0 Å². The number of nitrogens with zero attached hydrogens (tertiary/aromatic N) is 1. The number of nitrogens with one attached hydrogen (secondary N) is 1. The standard InChI is InChI=1S/C17H30N2O/c1-14(2)13-19(5)10-11-20-17-9-7-6-8-16(17)12-18-15(3)4/h6-9,14-15,18H,10-13H2,1-5H3. The minimum absolute atomic E-state index is 0.486. The Hall–Kier alpha value is -1.06. The maximum absolute atomic E-state index is 5.94. The van der Waals surface area contributed by atoms with Crippen LogP contribution in [-0.4, -0.2) is 37.7 Å². The number of likely N-dealkylation sites (N-methyl/N-ethyl adjacent to an activating group) is 1. The summed E-state index contributed by atoms with van der Waals surface area (Å²) in [5, 5.41) is 3.44. The fraction of sp³-hybridized carbons (Fsp3) is 0.647. The van der Waals surface area contributed by atoms with Gasteiger partial charge < -0.3 is 15.0 Å². The monoisotopic (exact) mass is 278 g/mol. The third kappa shape index (κ3) is 6.92. The second kappa shape index (κ2) is 8.98. The molecular formula is C17H30N2O. The third-order valence-corrected chi connectivity index (χ3v) is 3.08. The van der Waals surface area contributed by atoms with Crippen LogP contribution in [0.1, 0.15) is 33.3 Å². The molecule has 0 aromatic heterocycles. The average molecular weight is 278 g/mol. The van der Waals surface area contributed by atoms with Crippen LogP contribution in [-0.2, 0) is 6.54 Å². The van der Waals surface area contributed by atoms with Crippen molar-refractivity contribution in [1.82, 2.24) is 10.2 Å². The summed E-state index contributed by atoms with van der Waals surface area (Å²) < 4.78 is 5.94. The molecule has 3 heteroatoms. The number of hydrogen-bond acceptors (Lipinski definition) is 3. The minimum Gasteiger partial charge on any atom is -0.492 e. The zero-order chi connectivity index (χ0) is 15.0. The highest BCUT2D eigenvalue weighted by Crippen LogP contribution is 2.17. The highest BCUT2D eigenvalue weighted by molar-refractivity contribution is 5.33. The normalized spacial score (nSPS) is 11.6. The molecule has 20 heavy (non-hydrogen) atoms. The molecule has 0 unspecified atom stereocenters. The summed E-state index contributed by atoms with van der Waals surface area (Å²) >= 11 is 0. The summed E-state index contributed by atoms with van der Waals surface area (Å²) in [6.07, 6.45) is 0. The number of rotatable bonds is 9. The minimum atomic E-state index is 0.486. The SMILES string of the molecule is CC(C)CN(C)CCOc1ccccc1CNC(C)C. The van der Waals surface area contributed by atoms with E-state index in [1.54, 1.807) is 0 Å². The zero-order valence-corrected chi connectivity index (χ0v) is 13.6. The van der Waals surface area contributed by atoms with Gasteiger partial charge >= 0.3 is 0 Å². The summed E-state index contributed by atoms with van der Waals surface area (Å²) in [5.41, 5.74) is 1.23. The van der Waals surface area contributed by atoms with Crippen molar-refractivity contribution in [3.63, 3.8) is 0 Å². The number of para-hydroxylation sites is 1. The molecule has 0 heterocycles. The topological polar surface area (TPSA) is 24.5 Å². The van der Waals surface area contributed by atoms with Gasteiger partial charge in [-0.05, 0) is 19.0 Å². The Bertz CT molecular complexity index is 377. The fourth-order valence-electron chi connectivity index (χ4n) is 2.13. The van der Waals surface area contributed by atoms with Crippen molar-refractivity contribution in [2.24, 2.45) is 5.92 Å². The van der Waals surface area contributed by atoms with Crippen LogP contribution >= 0.6 is 0 Å². The van der Waals surface area contributed by atoms with Gasteiger partial charge in [-0.15, -0.1) is 0 Å². The van der Waals surface area contributed by atoms with E-state index in [2.05, 4.69) is 63.2 Å². The van der Waals surface area contributed by atoms with Crippen LogP contribution in [0.5, 0.6) is 5.75 Å². The molecule has 0 atom stereocenters. The summed E-state index contributed by atoms with van der Waals surface area (Å²) in [4.78, 5) is 2.32. The number of ether oxygens (including phenoxy) is 1. The van der Waals surface area contributed by atoms with Gasteiger partial charge in [0.05, 0.1) is 0 Å². The van der Waals surface area contributed by atoms with Crippen LogP contribution in [0.3, 0.4) is 0 Å². The predicted octanol–water partition coefficient (Wildman–Crippen LogP) is 3.15. The molecule has 1 aromatic rings. The molecule has 0 amide bonds. The molecule has 1 rings (SSSR count). The lowest BCUT2D eigenvalue weighted by molar-refractivity contribution is 0.221. The van der Waals surface area contributed by atoms with E-state index in [0.717, 1.165) is 32.0 Å². The van der Waals surface area contributed by atoms with Crippen molar-refractivity contribution in [2.45, 2.75) is 40.3 Å². The average Bonchev–Trinajstić information content (AvgIpc) is 2.36. The summed E-state index contributed by atoms with van der Waals surface area (Å²) in [5.74, 6) is 1.70. The van der Waals surface area contributed by atoms with Crippen LogP contribution in [0.25, 0.3) is 0 Å². The zero-order valence-electron chi connectivity index (χ0n) is 13.6. The Morgan fingerprint density at radius 3 is 2.50 bits per heavy atom. The lowest BCUT2D eigenvalue weighted by Crippen LogP contribution is -2.28. The molecule has 0 aliphatic carbocycles. The van der Waals surface area contributed by atoms with Crippen LogP contribution in [0.15, 0.2) is 24.3 Å². The maximum Gasteiger partial charge on any atom is 0.123 e. The first-order valence-corrected chi connectivity index (χ1v) is 7.61. The predicted molar refractivity (Wildman–Crippen MR) is 86.2 cm³/mol. The van der Waals surface area contributed by atoms with E-state index in [1.807, 2.05) is 6.07 Å². The van der Waals surface area contributed by atoms with E-state index in [4.69, 9.17) is 4.74 Å². The van der Waals surface area contributed by atoms with Gasteiger partial charge in [-0.25, -0.2) is 0 Å². The van der Waals surface area contributed by atoms with E-state index in [9.17, 15) is 0 Å². The first kappa shape index (κ1) is 17.0. The smallest absolute Gasteiger partial charge is 0.123 e. The third-order valence-electron chi connectivity index (χ3n) is 3.08. The van der Waals surface area contributed by atoms with E-state index >= 15 is 0 Å². The number of hydrogen-bond donors (Lipinski definition) is 1. The van der Waals surface area contributed by atoms with Gasteiger partial charge in [0.1, 0.15) is 12.4 Å². The molecule has 0 aliphatic rings. The first-order chi connectivity index (χ1) is 9.49. The molecule has 0 fully saturated rings. The lowest BCUT2D eigenvalue weighted by atomic mass is 10.2. The van der Waals surface area contributed by atoms with Gasteiger partial charge in [0, 0.05) is 31.2 Å². The van der Waals surface area contributed by atoms with Gasteiger partial charge in [0.25, 0.3) is 0 Å². The van der Waals surface area contributed by atoms with Crippen molar-refractivity contribution in [2.75, 3.05) is 26.7 Å². The summed E-state index contributed by atoms with van der Waals surface area (Å²) in [7, 11) is 2.15. The van der Waals surface area contributed by atoms with E-state index in [1.165, 1.54) is 5.56 Å². The lowest BCUT2D eigenvalue weighted by Gasteiger charge is -2.20. The Morgan fingerprint density at radius 1 is 1.15 bits per heavy atom. The molecule has 0 bridgehead atoms. The Labute approximate surface area is 124 Å². The largest absolute Gasteiger partial charge is 0.492 e. The molecule has 0 radical (unpaired) electrons. The van der Waals surface area contributed by atoms with Crippen molar-refractivity contribution >= 4 is 0 Å². The van der Waals surface area contributed by atoms with Gasteiger partial charge in [0.15, 0.2) is 0 Å². The molecule has 1 aromatic carbocycles. The second-order valence-electron chi connectivity index (χ2n) is 6.15. The van der Waals surface area contributed by atoms with Gasteiger partial charge in [0.2, 0.25) is 0 Å². The van der Waals surface area contributed by atoms with Crippen molar-refractivity contribution < 1.29 is 4.74 Å². The van der Waals surface area contributed by atoms with E-state index in [-0.39, 0.29) is 0 Å². The van der Waals surface area contributed by atoms with Gasteiger partial charge in [-0.2, -0.15) is 0 Å². The van der Waals surface area contributed by atoms with Crippen LogP contribution < -0.4 is 10.1 Å². The molecule has 3 nitrogen and oxygen atoms in total. The highest BCUT2D eigenvalue weighted by Gasteiger charge is 2.05. The molecule has 1 N–H and O–H groups in total. The Kier molecular flexibility index (Phi) is 7.63. The van der Waals surface area contributed by atoms with Crippen molar-refractivity contribution in [1.29, 1.82) is 0 Å². The van der Waals surface area contributed by atoms with Crippen LogP contribution in [0.4, 0.5) is 0 Å². The Morgan fingerprint density at radius 2 is 1.85 bits per heavy atom. The molecule has 114 valence electrons. The van der Waals surface area contributed by atoms with Gasteiger partial charge in [-0.3, -0.25) is 0 Å². The fourth-order valence-corrected chi connectivity index (χ4v) is 2.13. The van der Waals surface area contributed by atoms with Crippen molar-refractivity contribution in [3.05, 3.63) is 29.8 Å². The molecule has 0 saturated heterocycles. The van der Waals surface area contributed by atoms with Gasteiger partial charge in [-0.1, -0.05) is 45.9 Å². The molecular weight excluding hydrogens is 248 g/mol. The summed E-state index contributed by atoms with van der Waals surface area (Å²) in [6.45, 7) is 12.5. The second-order valence-corrected chi connectivity index (χ2v) is 6.15. The van der Waals surface area contributed by atoms with Crippen molar-refractivity contribution in [3.8, 4) is 5.75 Å². The molecule has 0 spiro atoms. The molecule has 0 aliphatic heterocycles. The van der Waals surface area contributed by atoms with Crippen LogP contribution in [0.2, 0.25) is 0 Å².